The largest absolute Gasteiger partial charge is 0.391 e. The van der Waals surface area contributed by atoms with Gasteiger partial charge in [-0.3, -0.25) is 14.4 Å². The number of amides is 3. The van der Waals surface area contributed by atoms with Gasteiger partial charge in [0.05, 0.1) is 28.2 Å². The Kier molecular flexibility index (Phi) is 12.5. The van der Waals surface area contributed by atoms with Crippen LogP contribution in [0.2, 0.25) is 0 Å². The normalized spacial score (nSPS) is 18.5. The van der Waals surface area contributed by atoms with Crippen molar-refractivity contribution in [3.63, 3.8) is 0 Å². The van der Waals surface area contributed by atoms with E-state index < -0.39 is 23.6 Å². The lowest BCUT2D eigenvalue weighted by Gasteiger charge is -2.35. The molecule has 1 saturated heterocycles. The lowest BCUT2D eigenvalue weighted by molar-refractivity contribution is -0.144. The van der Waals surface area contributed by atoms with Gasteiger partial charge in [0.1, 0.15) is 12.1 Å². The van der Waals surface area contributed by atoms with E-state index in [2.05, 4.69) is 15.6 Å². The lowest BCUT2D eigenvalue weighted by atomic mass is 9.85. The van der Waals surface area contributed by atoms with Gasteiger partial charge in [-0.2, -0.15) is 0 Å². The molecule has 42 heavy (non-hydrogen) atoms. The second-order valence-electron chi connectivity index (χ2n) is 12.5. The predicted molar refractivity (Wildman–Crippen MR) is 168 cm³/mol. The third-order valence-electron chi connectivity index (χ3n) is 7.92. The summed E-state index contributed by atoms with van der Waals surface area (Å²) in [5.74, 6) is -0.828. The second kappa shape index (κ2) is 15.6. The quantitative estimate of drug-likeness (QED) is 0.236. The minimum absolute atomic E-state index is 0.0550. The van der Waals surface area contributed by atoms with E-state index in [4.69, 9.17) is 5.73 Å². The molecule has 1 fully saturated rings. The fourth-order valence-electron chi connectivity index (χ4n) is 5.39. The summed E-state index contributed by atoms with van der Waals surface area (Å²) in [6.07, 6.45) is 5.72. The number of unbranched alkanes of at least 4 members (excludes halogenated alkanes) is 5. The maximum atomic E-state index is 13.8. The molecule has 2 heterocycles. The molecule has 10 heteroatoms. The van der Waals surface area contributed by atoms with Crippen molar-refractivity contribution < 1.29 is 19.5 Å². The van der Waals surface area contributed by atoms with Gasteiger partial charge in [0.15, 0.2) is 0 Å². The van der Waals surface area contributed by atoms with E-state index in [1.165, 1.54) is 4.90 Å². The standard InChI is InChI=1S/C32H49N5O4S/c1-21(23-13-15-24(16-14-23)28-22(2)34-20-42-28)35-30(40)26-18-25(38)19-37(26)31(41)29(32(3,4)5)36-27(39)12-10-8-6-7-9-11-17-33/h13-16,20-21,25-26,29,38H,6-12,17-19,33H2,1-5H3,(H,35,40)(H,36,39)/t21-,25+,26-,29+/m1/s1. The first-order valence-electron chi connectivity index (χ1n) is 15.2. The number of aryl methyl sites for hydroxylation is 1. The van der Waals surface area contributed by atoms with Gasteiger partial charge < -0.3 is 26.4 Å². The number of nitrogens with two attached hydrogens (primary N) is 1. The molecule has 3 rings (SSSR count). The fourth-order valence-corrected chi connectivity index (χ4v) is 6.20. The molecule has 0 unspecified atom stereocenters. The van der Waals surface area contributed by atoms with Crippen LogP contribution in [0, 0.1) is 12.3 Å². The Labute approximate surface area is 254 Å². The zero-order valence-corrected chi connectivity index (χ0v) is 26.6. The Morgan fingerprint density at radius 1 is 1.07 bits per heavy atom. The molecule has 4 atom stereocenters. The summed E-state index contributed by atoms with van der Waals surface area (Å²) in [5.41, 5.74) is 9.78. The van der Waals surface area contributed by atoms with E-state index in [0.717, 1.165) is 60.2 Å². The number of β-amino-alcohol motifs (C(OH)–C–C–N with tert-alkyl or cyclic N) is 1. The molecule has 3 amide bonds. The zero-order valence-electron chi connectivity index (χ0n) is 25.8. The average molecular weight is 600 g/mol. The molecule has 9 nitrogen and oxygen atoms in total. The van der Waals surface area contributed by atoms with Gasteiger partial charge >= 0.3 is 0 Å². The number of carbonyl (C=O) groups is 3. The molecule has 1 aliphatic heterocycles. The first kappa shape index (κ1) is 33.7. The summed E-state index contributed by atoms with van der Waals surface area (Å²) in [6, 6.07) is 6.09. The number of nitrogens with zero attached hydrogens (tertiary/aromatic N) is 2. The lowest BCUT2D eigenvalue weighted by Crippen LogP contribution is -2.57. The molecule has 2 aromatic rings. The van der Waals surface area contributed by atoms with Crippen LogP contribution in [0.1, 0.15) is 96.4 Å². The van der Waals surface area contributed by atoms with E-state index in [1.807, 2.05) is 64.4 Å². The minimum Gasteiger partial charge on any atom is -0.391 e. The number of hydrogen-bond acceptors (Lipinski definition) is 7. The number of aliphatic hydroxyl groups excluding tert-OH is 1. The highest BCUT2D eigenvalue weighted by atomic mass is 32.1. The van der Waals surface area contributed by atoms with Crippen LogP contribution in [0.25, 0.3) is 10.4 Å². The van der Waals surface area contributed by atoms with Crippen molar-refractivity contribution in [2.24, 2.45) is 11.1 Å². The number of aromatic nitrogens is 1. The molecule has 1 aromatic heterocycles. The highest BCUT2D eigenvalue weighted by Crippen LogP contribution is 2.29. The second-order valence-corrected chi connectivity index (χ2v) is 13.4. The highest BCUT2D eigenvalue weighted by molar-refractivity contribution is 7.13. The Morgan fingerprint density at radius 2 is 1.71 bits per heavy atom. The van der Waals surface area contributed by atoms with Crippen molar-refractivity contribution in [2.45, 2.75) is 110 Å². The molecule has 0 radical (unpaired) electrons. The number of benzene rings is 1. The Balaban J connectivity index is 1.61. The predicted octanol–water partition coefficient (Wildman–Crippen LogP) is 4.48. The van der Waals surface area contributed by atoms with Crippen molar-refractivity contribution in [1.29, 1.82) is 0 Å². The molecular weight excluding hydrogens is 550 g/mol. The van der Waals surface area contributed by atoms with Crippen LogP contribution in [0.5, 0.6) is 0 Å². The van der Waals surface area contributed by atoms with Crippen LogP contribution in [-0.4, -0.2) is 64.0 Å². The monoisotopic (exact) mass is 599 g/mol. The van der Waals surface area contributed by atoms with Crippen LogP contribution < -0.4 is 16.4 Å². The molecule has 1 aromatic carbocycles. The number of aliphatic hydroxyl groups is 1. The van der Waals surface area contributed by atoms with Crippen LogP contribution in [-0.2, 0) is 14.4 Å². The Hall–Kier alpha value is -2.82. The van der Waals surface area contributed by atoms with Crippen molar-refractivity contribution in [3.8, 4) is 10.4 Å². The van der Waals surface area contributed by atoms with Crippen molar-refractivity contribution in [3.05, 3.63) is 41.0 Å². The topological polar surface area (TPSA) is 138 Å². The first-order chi connectivity index (χ1) is 19.9. The third-order valence-corrected chi connectivity index (χ3v) is 8.90. The minimum atomic E-state index is -0.815. The van der Waals surface area contributed by atoms with Crippen molar-refractivity contribution in [2.75, 3.05) is 13.1 Å². The van der Waals surface area contributed by atoms with Gasteiger partial charge in [0, 0.05) is 19.4 Å². The van der Waals surface area contributed by atoms with Crippen molar-refractivity contribution in [1.82, 2.24) is 20.5 Å². The number of thiazole rings is 1. The van der Waals surface area contributed by atoms with E-state index in [9.17, 15) is 19.5 Å². The molecule has 1 aliphatic rings. The maximum absolute atomic E-state index is 13.8. The molecule has 0 aliphatic carbocycles. The van der Waals surface area contributed by atoms with Crippen LogP contribution in [0.4, 0.5) is 0 Å². The zero-order chi connectivity index (χ0) is 30.9. The summed E-state index contributed by atoms with van der Waals surface area (Å²) >= 11 is 1.59. The van der Waals surface area contributed by atoms with E-state index in [1.54, 1.807) is 11.3 Å². The van der Waals surface area contributed by atoms with Gasteiger partial charge in [-0.25, -0.2) is 4.98 Å². The van der Waals surface area contributed by atoms with Gasteiger partial charge in [-0.1, -0.05) is 70.7 Å². The van der Waals surface area contributed by atoms with E-state index in [-0.39, 0.29) is 36.7 Å². The van der Waals surface area contributed by atoms with E-state index in [0.29, 0.717) is 13.0 Å². The highest BCUT2D eigenvalue weighted by Gasteiger charge is 2.44. The summed E-state index contributed by atoms with van der Waals surface area (Å²) in [4.78, 5) is 46.9. The molecule has 232 valence electrons. The first-order valence-corrected chi connectivity index (χ1v) is 16.1. The summed E-state index contributed by atoms with van der Waals surface area (Å²) in [6.45, 7) is 10.3. The molecule has 0 bridgehead atoms. The Bertz CT molecular complexity index is 1180. The molecule has 0 saturated carbocycles. The van der Waals surface area contributed by atoms with Gasteiger partial charge in [0.25, 0.3) is 0 Å². The molecule has 0 spiro atoms. The van der Waals surface area contributed by atoms with Crippen molar-refractivity contribution >= 4 is 29.1 Å². The fraction of sp³-hybridized carbons (Fsp3) is 0.625. The maximum Gasteiger partial charge on any atom is 0.246 e. The third kappa shape index (κ3) is 9.34. The summed E-state index contributed by atoms with van der Waals surface area (Å²) in [7, 11) is 0. The number of hydrogen-bond donors (Lipinski definition) is 4. The summed E-state index contributed by atoms with van der Waals surface area (Å²) in [5, 5.41) is 16.5. The average Bonchev–Trinajstić information content (AvgIpc) is 3.55. The summed E-state index contributed by atoms with van der Waals surface area (Å²) < 4.78 is 0. The number of nitrogens with one attached hydrogen (secondary N) is 2. The smallest absolute Gasteiger partial charge is 0.246 e. The van der Waals surface area contributed by atoms with E-state index >= 15 is 0 Å². The number of rotatable bonds is 14. The van der Waals surface area contributed by atoms with Gasteiger partial charge in [0.2, 0.25) is 17.7 Å². The number of carbonyl (C=O) groups excluding carboxylic acids is 3. The number of likely N-dealkylation sites (tertiary alicyclic amines) is 1. The SMILES string of the molecule is Cc1ncsc1-c1ccc([C@@H](C)NC(=O)[C@H]2C[C@H](O)CN2C(=O)[C@H](NC(=O)CCCCCCCCN)C(C)(C)C)cc1. The van der Waals surface area contributed by atoms with Crippen LogP contribution in [0.15, 0.2) is 29.8 Å². The van der Waals surface area contributed by atoms with Gasteiger partial charge in [-0.05, 0) is 49.8 Å². The molecular formula is C32H49N5O4S. The Morgan fingerprint density at radius 3 is 2.31 bits per heavy atom. The molecule has 5 N–H and O–H groups in total. The van der Waals surface area contributed by atoms with Crippen LogP contribution >= 0.6 is 11.3 Å². The van der Waals surface area contributed by atoms with Gasteiger partial charge in [-0.15, -0.1) is 11.3 Å². The van der Waals surface area contributed by atoms with Crippen LogP contribution in [0.3, 0.4) is 0 Å².